The van der Waals surface area contributed by atoms with E-state index < -0.39 is 59.0 Å². The Balaban J connectivity index is 0.000000175. The summed E-state index contributed by atoms with van der Waals surface area (Å²) in [6, 6.07) is 54.7. The van der Waals surface area contributed by atoms with E-state index in [9.17, 15) is 54.0 Å². The number of hydrogen-bond acceptors (Lipinski definition) is 23. The highest BCUT2D eigenvalue weighted by molar-refractivity contribution is 7.92. The van der Waals surface area contributed by atoms with E-state index in [0.29, 0.717) is 13.0 Å². The number of carbonyl (C=O) groups is 6. The number of benzene rings is 9. The smallest absolute Gasteiger partial charge is 0.257 e. The Kier molecular flexibility index (Phi) is 30.8. The van der Waals surface area contributed by atoms with Crippen molar-refractivity contribution in [3.63, 3.8) is 0 Å². The number of aryl methyl sites for hydroxylation is 1. The summed E-state index contributed by atoms with van der Waals surface area (Å²) in [5.41, 5.74) is 12.7. The maximum Gasteiger partial charge on any atom is 0.257 e. The third-order valence-corrected chi connectivity index (χ3v) is 27.5. The second-order valence-corrected chi connectivity index (χ2v) is 36.7. The summed E-state index contributed by atoms with van der Waals surface area (Å²) in [6.45, 7) is 3.31. The van der Waals surface area contributed by atoms with Gasteiger partial charge in [0, 0.05) is 118 Å². The number of nitrogens with one attached hydrogen (secondary N) is 6. The monoisotopic (exact) mass is 1750 g/mol. The van der Waals surface area contributed by atoms with Crippen molar-refractivity contribution in [3.8, 4) is 55.4 Å². The van der Waals surface area contributed by atoms with Gasteiger partial charge in [0.1, 0.15) is 15.0 Å². The molecule has 0 atom stereocenters. The van der Waals surface area contributed by atoms with Gasteiger partial charge in [-0.3, -0.25) is 28.8 Å². The zero-order valence-electron chi connectivity index (χ0n) is 67.1. The van der Waals surface area contributed by atoms with Crippen LogP contribution >= 0.6 is 34.0 Å². The molecule has 0 radical (unpaired) electrons. The summed E-state index contributed by atoms with van der Waals surface area (Å²) in [5.74, 6) is 9.59. The van der Waals surface area contributed by atoms with E-state index in [1.165, 1.54) is 137 Å². The van der Waals surface area contributed by atoms with Crippen LogP contribution in [-0.2, 0) is 55.6 Å². The third kappa shape index (κ3) is 22.2. The van der Waals surface area contributed by atoms with Crippen molar-refractivity contribution in [2.75, 3.05) is 78.0 Å². The number of amides is 6. The van der Waals surface area contributed by atoms with Crippen LogP contribution in [0.1, 0.15) is 119 Å². The molecule has 0 saturated heterocycles. The van der Waals surface area contributed by atoms with Crippen LogP contribution in [0.15, 0.2) is 248 Å². The standard InChI is InChI=1S/C30H30N4O4S2.C30H26N4O4S2.C28H22N4O4S2.2CH4O/c2*1-34(2)16-6-5-7-20-10-12-21(13-11-20)30-32-19-23(39-30)18-31-28(35)22-14-15-27-25(17-22)33-29(36)24-8-3-4-9-26(24)40(27,37)38;29-14-4-3-5-18-8-10-19(11-9-18)28-31-17-21(37-28)16-30-26(33)20-12-13-25-23(15-20)32-27(34)22-6-1-2-7-24(22)38(25,35)36;2*1-2/h3-4,8-15,17,19H,5-7,16,18H2,1-2H3,(H,31,35)(H,33,36);3-4,8-15,17,19H,6,16,18H2,1-2H3,(H,31,35)(H,33,36);1-2,6-13,15,17H,4,14,16,29H2,(H,30,33)(H,32,34);2*2H,1H3. The number of anilines is 3. The summed E-state index contributed by atoms with van der Waals surface area (Å²) >= 11 is 4.43. The number of sulfone groups is 3. The first-order valence-electron chi connectivity index (χ1n) is 38.1. The highest BCUT2D eigenvalue weighted by Crippen LogP contribution is 2.39. The van der Waals surface area contributed by atoms with Gasteiger partial charge in [0.15, 0.2) is 0 Å². The Morgan fingerprint density at radius 3 is 1.06 bits per heavy atom. The highest BCUT2D eigenvalue weighted by atomic mass is 32.2. The topological polar surface area (TPSA) is 389 Å². The molecule has 26 nitrogen and oxygen atoms in total. The number of carbonyl (C=O) groups excluding carboxylic acids is 6. The molecule has 626 valence electrons. The summed E-state index contributed by atoms with van der Waals surface area (Å²) in [6.07, 6.45) is 10.0. The van der Waals surface area contributed by atoms with Gasteiger partial charge in [0.25, 0.3) is 35.4 Å². The number of rotatable bonds is 20. The summed E-state index contributed by atoms with van der Waals surface area (Å²) in [4.78, 5) is 96.7. The quantitative estimate of drug-likeness (QED) is 0.0253. The van der Waals surface area contributed by atoms with Gasteiger partial charge in [0.2, 0.25) is 29.5 Å². The molecule has 9 aromatic carbocycles. The fourth-order valence-electron chi connectivity index (χ4n) is 12.6. The lowest BCUT2D eigenvalue weighted by Gasteiger charge is -2.10. The fraction of sp³-hybridized carbons (Fsp3) is 0.189. The van der Waals surface area contributed by atoms with Gasteiger partial charge < -0.3 is 57.6 Å². The Labute approximate surface area is 719 Å². The molecule has 0 bridgehead atoms. The largest absolute Gasteiger partial charge is 0.400 e. The molecule has 6 amide bonds. The number of aliphatic hydroxyl groups is 2. The molecule has 3 aliphatic rings. The molecule has 15 rings (SSSR count). The van der Waals surface area contributed by atoms with Crippen LogP contribution in [0.2, 0.25) is 0 Å². The van der Waals surface area contributed by atoms with Crippen LogP contribution in [-0.4, -0.2) is 158 Å². The van der Waals surface area contributed by atoms with Crippen molar-refractivity contribution in [2.45, 2.75) is 81.1 Å². The van der Waals surface area contributed by atoms with Crippen LogP contribution < -0.4 is 37.6 Å². The molecule has 6 heterocycles. The minimum atomic E-state index is -3.94. The molecule has 122 heavy (non-hydrogen) atoms. The lowest BCUT2D eigenvalue weighted by atomic mass is 10.1. The van der Waals surface area contributed by atoms with Crippen LogP contribution in [0.3, 0.4) is 0 Å². The molecule has 3 aromatic heterocycles. The Morgan fingerprint density at radius 2 is 0.730 bits per heavy atom. The van der Waals surface area contributed by atoms with Crippen LogP contribution in [0, 0.1) is 23.7 Å². The normalized spacial score (nSPS) is 13.1. The molecule has 10 N–H and O–H groups in total. The van der Waals surface area contributed by atoms with E-state index in [0.717, 1.165) is 104 Å². The molecule has 0 spiro atoms. The third-order valence-electron chi connectivity index (χ3n) is 18.7. The zero-order chi connectivity index (χ0) is 87.3. The molecule has 0 unspecified atom stereocenters. The first-order valence-corrected chi connectivity index (χ1v) is 45.0. The van der Waals surface area contributed by atoms with Crippen molar-refractivity contribution in [1.82, 2.24) is 40.7 Å². The second-order valence-electron chi connectivity index (χ2n) is 27.7. The van der Waals surface area contributed by atoms with Gasteiger partial charge in [0.05, 0.1) is 82.8 Å². The van der Waals surface area contributed by atoms with Crippen molar-refractivity contribution in [1.29, 1.82) is 0 Å². The Hall–Kier alpha value is -12.5. The van der Waals surface area contributed by atoms with Gasteiger partial charge in [-0.2, -0.15) is 0 Å². The molecular formula is C90H86N12O14S6. The summed E-state index contributed by atoms with van der Waals surface area (Å²) in [5, 5.41) is 32.9. The van der Waals surface area contributed by atoms with Crippen molar-refractivity contribution in [3.05, 3.63) is 283 Å². The van der Waals surface area contributed by atoms with Crippen LogP contribution in [0.4, 0.5) is 17.1 Å². The van der Waals surface area contributed by atoms with Gasteiger partial charge in [-0.25, -0.2) is 40.2 Å². The van der Waals surface area contributed by atoms with Gasteiger partial charge in [-0.1, -0.05) is 109 Å². The molecular weight excluding hydrogens is 1670 g/mol. The number of hydrogen-bond donors (Lipinski definition) is 9. The first-order chi connectivity index (χ1) is 58.8. The van der Waals surface area contributed by atoms with Crippen molar-refractivity contribution >= 4 is 116 Å². The number of thiazole rings is 3. The molecule has 0 aliphatic carbocycles. The van der Waals surface area contributed by atoms with E-state index in [1.807, 2.05) is 62.6 Å². The number of unbranched alkanes of at least 4 members (excludes halogenated alkanes) is 1. The van der Waals surface area contributed by atoms with Gasteiger partial charge in [-0.05, 0) is 175 Å². The Morgan fingerprint density at radius 1 is 0.410 bits per heavy atom. The van der Waals surface area contributed by atoms with Crippen LogP contribution in [0.5, 0.6) is 0 Å². The maximum atomic E-state index is 13.2. The fourth-order valence-corrected chi connectivity index (χ4v) is 20.0. The van der Waals surface area contributed by atoms with Crippen molar-refractivity contribution < 1.29 is 64.2 Å². The number of nitrogens with two attached hydrogens (primary N) is 1. The number of aliphatic hydroxyl groups excluding tert-OH is 2. The predicted molar refractivity (Wildman–Crippen MR) is 473 cm³/mol. The molecule has 0 saturated carbocycles. The molecule has 32 heteroatoms. The first kappa shape index (κ1) is 90.2. The SMILES string of the molecule is CN(C)CCC#Cc1ccc(-c2ncc(CNC(=O)c3ccc4c(c3)NC(=O)c3ccccc3S4(=O)=O)s2)cc1.CN(C)CCCCc1ccc(-c2ncc(CNC(=O)c3ccc4c(c3)NC(=O)c3ccccc3S4(=O)=O)s2)cc1.CO.CO.NCCC#Cc1ccc(-c2ncc(CNC(=O)c3ccc4c(c3)NC(=O)c3ccccc3S4(=O)=O)s2)cc1. The number of aromatic nitrogens is 3. The summed E-state index contributed by atoms with van der Waals surface area (Å²) in [7, 11) is -1.58. The van der Waals surface area contributed by atoms with Crippen LogP contribution in [0.25, 0.3) is 31.7 Å². The lowest BCUT2D eigenvalue weighted by molar-refractivity contribution is 0.0943. The summed E-state index contributed by atoms with van der Waals surface area (Å²) < 4.78 is 79.0. The average Bonchev–Trinajstić information content (AvgIpc) is 1.60. The van der Waals surface area contributed by atoms with Gasteiger partial charge in [-0.15, -0.1) is 34.0 Å². The minimum absolute atomic E-state index is 0.0472. The minimum Gasteiger partial charge on any atom is -0.400 e. The Bertz CT molecular complexity index is 6370. The molecule has 12 aromatic rings. The number of fused-ring (bicyclic) bond motifs is 6. The zero-order valence-corrected chi connectivity index (χ0v) is 72.0. The maximum absolute atomic E-state index is 13.2. The van der Waals surface area contributed by atoms with Gasteiger partial charge >= 0.3 is 0 Å². The molecule has 0 fully saturated rings. The lowest BCUT2D eigenvalue weighted by Crippen LogP contribution is -2.22. The van der Waals surface area contributed by atoms with E-state index in [4.69, 9.17) is 15.9 Å². The average molecular weight is 1750 g/mol. The highest BCUT2D eigenvalue weighted by Gasteiger charge is 2.35. The number of nitrogens with zero attached hydrogens (tertiary/aromatic N) is 5. The van der Waals surface area contributed by atoms with E-state index in [1.54, 1.807) is 55.0 Å². The van der Waals surface area contributed by atoms with Crippen molar-refractivity contribution in [2.24, 2.45) is 5.73 Å². The molecule has 3 aliphatic heterocycles. The second kappa shape index (κ2) is 41.6. The van der Waals surface area contributed by atoms with E-state index in [-0.39, 0.29) is 105 Å². The van der Waals surface area contributed by atoms with E-state index >= 15 is 0 Å². The van der Waals surface area contributed by atoms with E-state index in [2.05, 4.69) is 119 Å². The predicted octanol–water partition coefficient (Wildman–Crippen LogP) is 12.5.